The Morgan fingerprint density at radius 2 is 2.29 bits per heavy atom. The van der Waals surface area contributed by atoms with E-state index in [0.717, 1.165) is 36.7 Å². The van der Waals surface area contributed by atoms with E-state index in [1.165, 1.54) is 0 Å². The summed E-state index contributed by atoms with van der Waals surface area (Å²) in [5.74, 6) is 1.44. The highest BCUT2D eigenvalue weighted by Crippen LogP contribution is 2.25. The zero-order valence-corrected chi connectivity index (χ0v) is 13.7. The topological polar surface area (TPSA) is 55.3 Å². The highest BCUT2D eigenvalue weighted by molar-refractivity contribution is 7.99. The maximum Gasteiger partial charge on any atom is 0.410 e. The second-order valence-electron chi connectivity index (χ2n) is 6.29. The largest absolute Gasteiger partial charge is 0.444 e. The molecule has 2 rings (SSSR count). The van der Waals surface area contributed by atoms with E-state index in [-0.39, 0.29) is 6.09 Å². The molecule has 1 aromatic heterocycles. The third-order valence-corrected chi connectivity index (χ3v) is 4.32. The monoisotopic (exact) mass is 309 g/mol. The van der Waals surface area contributed by atoms with Gasteiger partial charge in [0.05, 0.1) is 6.20 Å². The maximum absolute atomic E-state index is 12.1. The number of carbonyl (C=O) groups excluding carboxylic acids is 1. The Balaban J connectivity index is 1.82. The van der Waals surface area contributed by atoms with Gasteiger partial charge in [0.2, 0.25) is 0 Å². The lowest BCUT2D eigenvalue weighted by molar-refractivity contribution is 0.0177. The molecule has 1 saturated heterocycles. The Kier molecular flexibility index (Phi) is 5.45. The van der Waals surface area contributed by atoms with Crippen molar-refractivity contribution in [3.8, 4) is 0 Å². The average molecular weight is 309 g/mol. The molecular weight excluding hydrogens is 286 g/mol. The van der Waals surface area contributed by atoms with Crippen LogP contribution in [0.3, 0.4) is 0 Å². The number of hydrogen-bond acceptors (Lipinski definition) is 5. The lowest BCUT2D eigenvalue weighted by Gasteiger charge is -2.34. The number of likely N-dealkylation sites (tertiary alicyclic amines) is 1. The molecule has 0 bridgehead atoms. The SMILES string of the molecule is CC(C)(C)OC(=O)N1CCCC(CSc2cnccn2)C1. The van der Waals surface area contributed by atoms with Crippen molar-refractivity contribution in [1.82, 2.24) is 14.9 Å². The quantitative estimate of drug-likeness (QED) is 0.802. The van der Waals surface area contributed by atoms with Crippen molar-refractivity contribution in [2.24, 2.45) is 5.92 Å². The van der Waals surface area contributed by atoms with E-state index >= 15 is 0 Å². The maximum atomic E-state index is 12.1. The molecule has 0 saturated carbocycles. The van der Waals surface area contributed by atoms with Gasteiger partial charge in [-0.3, -0.25) is 4.98 Å². The number of rotatable bonds is 3. The number of amides is 1. The highest BCUT2D eigenvalue weighted by Gasteiger charge is 2.27. The molecule has 21 heavy (non-hydrogen) atoms. The minimum atomic E-state index is -0.432. The molecule has 6 heteroatoms. The van der Waals surface area contributed by atoms with Crippen LogP contribution in [0.15, 0.2) is 23.6 Å². The molecule has 0 spiro atoms. The number of aromatic nitrogens is 2. The summed E-state index contributed by atoms with van der Waals surface area (Å²) >= 11 is 1.70. The van der Waals surface area contributed by atoms with Crippen molar-refractivity contribution >= 4 is 17.9 Å². The van der Waals surface area contributed by atoms with E-state index < -0.39 is 5.60 Å². The summed E-state index contributed by atoms with van der Waals surface area (Å²) < 4.78 is 5.45. The minimum Gasteiger partial charge on any atom is -0.444 e. The number of nitrogens with zero attached hydrogens (tertiary/aromatic N) is 3. The van der Waals surface area contributed by atoms with Crippen LogP contribution in [0.4, 0.5) is 4.79 Å². The molecular formula is C15H23N3O2S. The van der Waals surface area contributed by atoms with Crippen molar-refractivity contribution in [3.63, 3.8) is 0 Å². The molecule has 1 aliphatic heterocycles. The predicted molar refractivity (Wildman–Crippen MR) is 83.3 cm³/mol. The molecule has 0 radical (unpaired) electrons. The molecule has 0 N–H and O–H groups in total. The Labute approximate surface area is 130 Å². The fourth-order valence-electron chi connectivity index (χ4n) is 2.26. The number of carbonyl (C=O) groups is 1. The van der Waals surface area contributed by atoms with Gasteiger partial charge < -0.3 is 9.64 Å². The summed E-state index contributed by atoms with van der Waals surface area (Å²) in [4.78, 5) is 22.3. The van der Waals surface area contributed by atoms with Crippen molar-refractivity contribution < 1.29 is 9.53 Å². The number of thioether (sulfide) groups is 1. The summed E-state index contributed by atoms with van der Waals surface area (Å²) in [6.45, 7) is 7.26. The van der Waals surface area contributed by atoms with Crippen molar-refractivity contribution in [2.75, 3.05) is 18.8 Å². The third kappa shape index (κ3) is 5.53. The fraction of sp³-hybridized carbons (Fsp3) is 0.667. The van der Waals surface area contributed by atoms with E-state index in [9.17, 15) is 4.79 Å². The normalized spacial score (nSPS) is 19.4. The van der Waals surface area contributed by atoms with Crippen LogP contribution in [0.5, 0.6) is 0 Å². The molecule has 1 unspecified atom stereocenters. The molecule has 2 heterocycles. The van der Waals surface area contributed by atoms with Gasteiger partial charge in [0.1, 0.15) is 10.6 Å². The first-order chi connectivity index (χ1) is 9.94. The first-order valence-electron chi connectivity index (χ1n) is 7.31. The first-order valence-corrected chi connectivity index (χ1v) is 8.29. The summed E-state index contributed by atoms with van der Waals surface area (Å²) in [7, 11) is 0. The van der Waals surface area contributed by atoms with Gasteiger partial charge in [-0.1, -0.05) is 0 Å². The van der Waals surface area contributed by atoms with E-state index in [1.54, 1.807) is 30.4 Å². The van der Waals surface area contributed by atoms with Crippen LogP contribution in [0.2, 0.25) is 0 Å². The molecule has 1 amide bonds. The summed E-state index contributed by atoms with van der Waals surface area (Å²) in [5.41, 5.74) is -0.432. The molecule has 5 nitrogen and oxygen atoms in total. The smallest absolute Gasteiger partial charge is 0.410 e. The van der Waals surface area contributed by atoms with Gasteiger partial charge in [0.15, 0.2) is 0 Å². The molecule has 0 aromatic carbocycles. The number of piperidine rings is 1. The molecule has 116 valence electrons. The van der Waals surface area contributed by atoms with Gasteiger partial charge in [-0.05, 0) is 39.5 Å². The molecule has 1 aliphatic rings. The standard InChI is InChI=1S/C15H23N3O2S/c1-15(2,3)20-14(19)18-8-4-5-12(10-18)11-21-13-9-16-6-7-17-13/h6-7,9,12H,4-5,8,10-11H2,1-3H3. The third-order valence-electron chi connectivity index (χ3n) is 3.18. The van der Waals surface area contributed by atoms with Gasteiger partial charge in [0, 0.05) is 31.2 Å². The zero-order chi connectivity index (χ0) is 15.3. The number of ether oxygens (including phenoxy) is 1. The van der Waals surface area contributed by atoms with Gasteiger partial charge in [-0.15, -0.1) is 11.8 Å². The number of hydrogen-bond donors (Lipinski definition) is 0. The van der Waals surface area contributed by atoms with E-state index in [2.05, 4.69) is 9.97 Å². The minimum absolute atomic E-state index is 0.197. The fourth-order valence-corrected chi connectivity index (χ4v) is 3.21. The van der Waals surface area contributed by atoms with Crippen LogP contribution in [-0.2, 0) is 4.74 Å². The van der Waals surface area contributed by atoms with Crippen LogP contribution >= 0.6 is 11.8 Å². The van der Waals surface area contributed by atoms with Crippen molar-refractivity contribution in [2.45, 2.75) is 44.2 Å². The van der Waals surface area contributed by atoms with E-state index in [0.29, 0.717) is 5.92 Å². The van der Waals surface area contributed by atoms with Crippen LogP contribution < -0.4 is 0 Å². The van der Waals surface area contributed by atoms with Crippen LogP contribution in [-0.4, -0.2) is 45.4 Å². The molecule has 1 atom stereocenters. The van der Waals surface area contributed by atoms with Gasteiger partial charge >= 0.3 is 6.09 Å². The molecule has 1 fully saturated rings. The van der Waals surface area contributed by atoms with E-state index in [1.807, 2.05) is 25.7 Å². The van der Waals surface area contributed by atoms with E-state index in [4.69, 9.17) is 4.74 Å². The predicted octanol–water partition coefficient (Wildman–Crippen LogP) is 3.22. The second-order valence-corrected chi connectivity index (χ2v) is 7.33. The van der Waals surface area contributed by atoms with Crippen LogP contribution in [0.25, 0.3) is 0 Å². The zero-order valence-electron chi connectivity index (χ0n) is 12.9. The van der Waals surface area contributed by atoms with Crippen molar-refractivity contribution in [3.05, 3.63) is 18.6 Å². The first kappa shape index (κ1) is 16.1. The Morgan fingerprint density at radius 3 is 2.95 bits per heavy atom. The lowest BCUT2D eigenvalue weighted by atomic mass is 10.0. The van der Waals surface area contributed by atoms with Crippen molar-refractivity contribution in [1.29, 1.82) is 0 Å². The van der Waals surface area contributed by atoms with Gasteiger partial charge in [0.25, 0.3) is 0 Å². The second kappa shape index (κ2) is 7.11. The average Bonchev–Trinajstić information content (AvgIpc) is 2.45. The highest BCUT2D eigenvalue weighted by atomic mass is 32.2. The van der Waals surface area contributed by atoms with Gasteiger partial charge in [-0.2, -0.15) is 0 Å². The van der Waals surface area contributed by atoms with Gasteiger partial charge in [-0.25, -0.2) is 9.78 Å². The Hall–Kier alpha value is -1.30. The summed E-state index contributed by atoms with van der Waals surface area (Å²) in [6, 6.07) is 0. The molecule has 0 aliphatic carbocycles. The summed E-state index contributed by atoms with van der Waals surface area (Å²) in [5, 5.41) is 0.937. The molecule has 1 aromatic rings. The van der Waals surface area contributed by atoms with Crippen LogP contribution in [0, 0.1) is 5.92 Å². The Bertz CT molecular complexity index is 462. The lowest BCUT2D eigenvalue weighted by Crippen LogP contribution is -2.43. The Morgan fingerprint density at radius 1 is 1.48 bits per heavy atom. The van der Waals surface area contributed by atoms with Crippen LogP contribution in [0.1, 0.15) is 33.6 Å². The summed E-state index contributed by atoms with van der Waals surface area (Å²) in [6.07, 6.45) is 7.14.